The number of rotatable bonds is 2. The first kappa shape index (κ1) is 13.1. The minimum Gasteiger partial charge on any atom is -0.375 e. The number of fused-ring (bicyclic) bond motifs is 1. The van der Waals surface area contributed by atoms with Crippen molar-refractivity contribution < 1.29 is 4.39 Å². The van der Waals surface area contributed by atoms with Gasteiger partial charge in [-0.05, 0) is 39.0 Å². The van der Waals surface area contributed by atoms with Crippen LogP contribution >= 0.6 is 11.3 Å². The molecule has 6 heteroatoms. The van der Waals surface area contributed by atoms with Gasteiger partial charge < -0.3 is 10.3 Å². The predicted octanol–water partition coefficient (Wildman–Crippen LogP) is 3.77. The van der Waals surface area contributed by atoms with Gasteiger partial charge in [0.2, 0.25) is 0 Å². The maximum absolute atomic E-state index is 13.5. The van der Waals surface area contributed by atoms with Crippen LogP contribution in [0.15, 0.2) is 18.2 Å². The lowest BCUT2D eigenvalue weighted by Crippen LogP contribution is -2.03. The fraction of sp³-hybridized carbons (Fsp3) is 0.286. The number of aromatic nitrogens is 3. The molecule has 0 aliphatic rings. The van der Waals surface area contributed by atoms with E-state index >= 15 is 0 Å². The maximum Gasteiger partial charge on any atom is 0.180 e. The van der Waals surface area contributed by atoms with Crippen LogP contribution in [0, 0.1) is 12.7 Å². The zero-order valence-corrected chi connectivity index (χ0v) is 12.3. The van der Waals surface area contributed by atoms with Crippen LogP contribution in [0.1, 0.15) is 25.6 Å². The van der Waals surface area contributed by atoms with Gasteiger partial charge >= 0.3 is 0 Å². The molecular weight excluding hydrogens is 275 g/mol. The van der Waals surface area contributed by atoms with Gasteiger partial charge in [0.15, 0.2) is 11.0 Å². The molecule has 3 aromatic rings. The highest BCUT2D eigenvalue weighted by atomic mass is 32.1. The van der Waals surface area contributed by atoms with Crippen molar-refractivity contribution in [2.24, 2.45) is 0 Å². The number of thiazole rings is 1. The molecule has 0 saturated heterocycles. The smallest absolute Gasteiger partial charge is 0.180 e. The van der Waals surface area contributed by atoms with E-state index in [9.17, 15) is 4.39 Å². The van der Waals surface area contributed by atoms with E-state index < -0.39 is 0 Å². The van der Waals surface area contributed by atoms with Crippen LogP contribution in [0.2, 0.25) is 0 Å². The zero-order chi connectivity index (χ0) is 14.4. The summed E-state index contributed by atoms with van der Waals surface area (Å²) in [6.45, 7) is 6.01. The van der Waals surface area contributed by atoms with Crippen LogP contribution in [0.25, 0.3) is 21.7 Å². The Balaban J connectivity index is 2.35. The molecule has 1 aromatic carbocycles. The normalized spacial score (nSPS) is 11.7. The van der Waals surface area contributed by atoms with Gasteiger partial charge in [-0.1, -0.05) is 11.3 Å². The Bertz CT molecular complexity index is 788. The Labute approximate surface area is 120 Å². The summed E-state index contributed by atoms with van der Waals surface area (Å²) >= 11 is 1.41. The van der Waals surface area contributed by atoms with Gasteiger partial charge in [0.1, 0.15) is 5.82 Å². The Morgan fingerprint density at radius 3 is 2.65 bits per heavy atom. The summed E-state index contributed by atoms with van der Waals surface area (Å²) in [5.74, 6) is 0.540. The van der Waals surface area contributed by atoms with Crippen molar-refractivity contribution >= 4 is 27.5 Å². The molecule has 0 fully saturated rings. The van der Waals surface area contributed by atoms with E-state index in [4.69, 9.17) is 5.73 Å². The van der Waals surface area contributed by atoms with E-state index in [2.05, 4.69) is 23.8 Å². The van der Waals surface area contributed by atoms with Crippen molar-refractivity contribution in [2.45, 2.75) is 26.8 Å². The standard InChI is InChI=1S/C14H15FN4S/c1-7(2)19-11-6-9(15)4-5-10(11)18-13(19)12-8(3)17-14(16)20-12/h4-7H,1-3H3,(H2,16,17). The molecule has 2 aromatic heterocycles. The first-order valence-corrected chi connectivity index (χ1v) is 7.19. The van der Waals surface area contributed by atoms with Crippen LogP contribution in [0.5, 0.6) is 0 Å². The van der Waals surface area contributed by atoms with E-state index in [0.29, 0.717) is 5.13 Å². The summed E-state index contributed by atoms with van der Waals surface area (Å²) in [5, 5.41) is 0.519. The molecule has 2 N–H and O–H groups in total. The highest BCUT2D eigenvalue weighted by molar-refractivity contribution is 7.18. The van der Waals surface area contributed by atoms with E-state index in [1.807, 2.05) is 11.5 Å². The number of aryl methyl sites for hydroxylation is 1. The summed E-state index contributed by atoms with van der Waals surface area (Å²) < 4.78 is 15.5. The number of hydrogen-bond donors (Lipinski definition) is 1. The van der Waals surface area contributed by atoms with Crippen molar-refractivity contribution in [1.29, 1.82) is 0 Å². The Morgan fingerprint density at radius 1 is 1.30 bits per heavy atom. The minimum absolute atomic E-state index is 0.166. The lowest BCUT2D eigenvalue weighted by molar-refractivity contribution is 0.613. The molecule has 0 bridgehead atoms. The molecule has 0 amide bonds. The Kier molecular flexibility index (Phi) is 2.97. The zero-order valence-electron chi connectivity index (χ0n) is 11.5. The van der Waals surface area contributed by atoms with Crippen LogP contribution in [0.4, 0.5) is 9.52 Å². The number of anilines is 1. The van der Waals surface area contributed by atoms with Crippen molar-refractivity contribution in [3.8, 4) is 10.7 Å². The third kappa shape index (κ3) is 1.96. The predicted molar refractivity (Wildman–Crippen MR) is 80.3 cm³/mol. The first-order valence-electron chi connectivity index (χ1n) is 6.38. The fourth-order valence-electron chi connectivity index (χ4n) is 2.37. The van der Waals surface area contributed by atoms with Gasteiger partial charge in [0.25, 0.3) is 0 Å². The number of nitrogens with two attached hydrogens (primary N) is 1. The first-order chi connectivity index (χ1) is 9.47. The minimum atomic E-state index is -0.258. The molecule has 104 valence electrons. The number of imidazole rings is 1. The van der Waals surface area contributed by atoms with Crippen molar-refractivity contribution in [3.05, 3.63) is 29.7 Å². The monoisotopic (exact) mass is 290 g/mol. The third-order valence-corrected chi connectivity index (χ3v) is 4.17. The highest BCUT2D eigenvalue weighted by Gasteiger charge is 2.19. The molecule has 0 spiro atoms. The number of nitrogens with zero attached hydrogens (tertiary/aromatic N) is 3. The molecule has 20 heavy (non-hydrogen) atoms. The molecule has 3 rings (SSSR count). The summed E-state index contributed by atoms with van der Waals surface area (Å²) in [5.41, 5.74) is 8.20. The van der Waals surface area contributed by atoms with E-state index in [1.165, 1.54) is 23.5 Å². The molecule has 0 aliphatic heterocycles. The Hall–Kier alpha value is -1.95. The van der Waals surface area contributed by atoms with Crippen LogP contribution in [-0.4, -0.2) is 14.5 Å². The maximum atomic E-state index is 13.5. The molecule has 4 nitrogen and oxygen atoms in total. The molecule has 0 radical (unpaired) electrons. The fourth-order valence-corrected chi connectivity index (χ4v) is 3.19. The lowest BCUT2D eigenvalue weighted by atomic mass is 10.3. The second-order valence-electron chi connectivity index (χ2n) is 5.00. The number of halogens is 1. The van der Waals surface area contributed by atoms with Gasteiger partial charge in [-0.3, -0.25) is 0 Å². The van der Waals surface area contributed by atoms with Crippen molar-refractivity contribution in [1.82, 2.24) is 14.5 Å². The van der Waals surface area contributed by atoms with Crippen LogP contribution in [-0.2, 0) is 0 Å². The van der Waals surface area contributed by atoms with Gasteiger partial charge in [0.05, 0.1) is 21.6 Å². The largest absolute Gasteiger partial charge is 0.375 e. The van der Waals surface area contributed by atoms with Crippen molar-refractivity contribution in [2.75, 3.05) is 5.73 Å². The summed E-state index contributed by atoms with van der Waals surface area (Å²) in [6, 6.07) is 4.82. The topological polar surface area (TPSA) is 56.7 Å². The molecular formula is C14H15FN4S. The highest BCUT2D eigenvalue weighted by Crippen LogP contribution is 2.35. The van der Waals surface area contributed by atoms with Crippen molar-refractivity contribution in [3.63, 3.8) is 0 Å². The number of nitrogen functional groups attached to an aromatic ring is 1. The second-order valence-corrected chi connectivity index (χ2v) is 6.03. The van der Waals surface area contributed by atoms with Gasteiger partial charge in [0, 0.05) is 6.04 Å². The van der Waals surface area contributed by atoms with Gasteiger partial charge in [-0.25, -0.2) is 14.4 Å². The molecule has 0 atom stereocenters. The van der Waals surface area contributed by atoms with Gasteiger partial charge in [-0.2, -0.15) is 0 Å². The average molecular weight is 290 g/mol. The number of benzene rings is 1. The van der Waals surface area contributed by atoms with Gasteiger partial charge in [-0.15, -0.1) is 0 Å². The SMILES string of the molecule is Cc1nc(N)sc1-c1nc2ccc(F)cc2n1C(C)C. The summed E-state index contributed by atoms with van der Waals surface area (Å²) in [7, 11) is 0. The van der Waals surface area contributed by atoms with E-state index in [1.54, 1.807) is 6.07 Å². The lowest BCUT2D eigenvalue weighted by Gasteiger charge is -2.12. The van der Waals surface area contributed by atoms with E-state index in [0.717, 1.165) is 27.4 Å². The van der Waals surface area contributed by atoms with E-state index in [-0.39, 0.29) is 11.9 Å². The Morgan fingerprint density at radius 2 is 2.05 bits per heavy atom. The molecule has 0 saturated carbocycles. The third-order valence-electron chi connectivity index (χ3n) is 3.18. The molecule has 0 aliphatic carbocycles. The average Bonchev–Trinajstić information content (AvgIpc) is 2.88. The summed E-state index contributed by atoms with van der Waals surface area (Å²) in [4.78, 5) is 9.81. The molecule has 2 heterocycles. The van der Waals surface area contributed by atoms with Crippen LogP contribution < -0.4 is 5.73 Å². The van der Waals surface area contributed by atoms with Crippen LogP contribution in [0.3, 0.4) is 0 Å². The quantitative estimate of drug-likeness (QED) is 0.781. The summed E-state index contributed by atoms with van der Waals surface area (Å²) in [6.07, 6.45) is 0. The second kappa shape index (κ2) is 4.56. The molecule has 0 unspecified atom stereocenters. The number of hydrogen-bond acceptors (Lipinski definition) is 4.